The van der Waals surface area contributed by atoms with Crippen LogP contribution in [0.25, 0.3) is 32.9 Å². The number of ether oxygens (including phenoxy) is 4. The Morgan fingerprint density at radius 3 is 2.66 bits per heavy atom. The number of aromatic nitrogens is 3. The summed E-state index contributed by atoms with van der Waals surface area (Å²) in [5, 5.41) is 22.5. The number of aliphatic hydroxyl groups is 1. The summed E-state index contributed by atoms with van der Waals surface area (Å²) in [7, 11) is 1.39. The Hall–Kier alpha value is -4.35. The SMILES string of the molecule is C#Cc1c(F)ccc2cc(O)cc(-c3nc(OC)c4c(N5CCOCC(C)(O)C5)nc(OCC5CCCN5CC5CCOCC5)nc4c3F)c12. The molecule has 3 aliphatic heterocycles. The van der Waals surface area contributed by atoms with Crippen molar-refractivity contribution < 1.29 is 37.9 Å². The summed E-state index contributed by atoms with van der Waals surface area (Å²) >= 11 is 0. The number of halogens is 2. The molecule has 7 rings (SSSR count). The maximum Gasteiger partial charge on any atom is 0.319 e. The van der Waals surface area contributed by atoms with Gasteiger partial charge in [0.25, 0.3) is 0 Å². The van der Waals surface area contributed by atoms with Gasteiger partial charge in [-0.1, -0.05) is 12.0 Å². The molecule has 11 nitrogen and oxygen atoms in total. The average Bonchev–Trinajstić information content (AvgIpc) is 3.46. The van der Waals surface area contributed by atoms with Crippen molar-refractivity contribution in [3.05, 3.63) is 41.5 Å². The number of hydrogen-bond donors (Lipinski definition) is 2. The van der Waals surface area contributed by atoms with E-state index in [1.807, 2.05) is 0 Å². The zero-order valence-electron chi connectivity index (χ0n) is 28.3. The summed E-state index contributed by atoms with van der Waals surface area (Å²) in [5.74, 6) is 1.44. The highest BCUT2D eigenvalue weighted by Crippen LogP contribution is 2.42. The monoisotopic (exact) mass is 689 g/mol. The topological polar surface area (TPSA) is 123 Å². The first-order valence-electron chi connectivity index (χ1n) is 17.0. The predicted octanol–water partition coefficient (Wildman–Crippen LogP) is 4.68. The van der Waals surface area contributed by atoms with Gasteiger partial charge in [0.15, 0.2) is 5.82 Å². The Morgan fingerprint density at radius 1 is 1.06 bits per heavy atom. The number of methoxy groups -OCH3 is 1. The summed E-state index contributed by atoms with van der Waals surface area (Å²) in [5.41, 5.74) is -1.68. The minimum absolute atomic E-state index is 0.0173. The number of phenols is 1. The molecule has 0 spiro atoms. The fourth-order valence-corrected chi connectivity index (χ4v) is 7.41. The van der Waals surface area contributed by atoms with E-state index in [9.17, 15) is 14.6 Å². The highest BCUT2D eigenvalue weighted by Gasteiger charge is 2.33. The zero-order chi connectivity index (χ0) is 35.0. The van der Waals surface area contributed by atoms with Crippen molar-refractivity contribution in [2.24, 2.45) is 5.92 Å². The standard InChI is InChI=1S/C37H41F2N5O6/c1-4-26-28(38)8-7-23-16-25(45)17-27(29(23)26)32-31(39)33-30(35(40-32)47-3)34(44-12-15-49-21-37(2,46)20-44)42-36(41-33)50-19-24-6-5-11-43(24)18-22-9-13-48-14-10-22/h1,7-8,16-17,22,24,45-46H,5-6,9-15,18-21H2,2-3H3. The Kier molecular flexibility index (Phi) is 9.63. The van der Waals surface area contributed by atoms with Crippen molar-refractivity contribution in [2.75, 3.05) is 71.2 Å². The minimum Gasteiger partial charge on any atom is -0.508 e. The lowest BCUT2D eigenvalue weighted by Gasteiger charge is -2.31. The van der Waals surface area contributed by atoms with Crippen molar-refractivity contribution in [2.45, 2.75) is 44.2 Å². The van der Waals surface area contributed by atoms with Gasteiger partial charge in [0.05, 0.1) is 32.4 Å². The molecule has 0 saturated carbocycles. The molecule has 0 aliphatic carbocycles. The van der Waals surface area contributed by atoms with Gasteiger partial charge in [0.2, 0.25) is 5.88 Å². The van der Waals surface area contributed by atoms with Gasteiger partial charge in [-0.25, -0.2) is 13.8 Å². The maximum atomic E-state index is 17.1. The Morgan fingerprint density at radius 2 is 1.88 bits per heavy atom. The van der Waals surface area contributed by atoms with E-state index >= 15 is 4.39 Å². The zero-order valence-corrected chi connectivity index (χ0v) is 28.3. The third-order valence-corrected chi connectivity index (χ3v) is 9.84. The lowest BCUT2D eigenvalue weighted by atomic mass is 9.95. The van der Waals surface area contributed by atoms with Crippen LogP contribution < -0.4 is 14.4 Å². The van der Waals surface area contributed by atoms with Crippen LogP contribution in [0.2, 0.25) is 0 Å². The minimum atomic E-state index is -1.24. The van der Waals surface area contributed by atoms with E-state index in [2.05, 4.69) is 20.8 Å². The molecule has 50 heavy (non-hydrogen) atoms. The number of pyridine rings is 1. The first-order valence-corrected chi connectivity index (χ1v) is 17.0. The van der Waals surface area contributed by atoms with Crippen LogP contribution in [0.4, 0.5) is 14.6 Å². The maximum absolute atomic E-state index is 17.1. The molecule has 5 heterocycles. The first-order chi connectivity index (χ1) is 24.2. The molecule has 2 aromatic heterocycles. The summed E-state index contributed by atoms with van der Waals surface area (Å²) in [6.45, 7) is 6.29. The second-order valence-electron chi connectivity index (χ2n) is 13.6. The van der Waals surface area contributed by atoms with Gasteiger partial charge in [-0.2, -0.15) is 9.97 Å². The van der Waals surface area contributed by atoms with E-state index < -0.39 is 17.2 Å². The number of anilines is 1. The molecule has 3 aliphatic rings. The van der Waals surface area contributed by atoms with Crippen molar-refractivity contribution >= 4 is 27.5 Å². The van der Waals surface area contributed by atoms with Crippen LogP contribution >= 0.6 is 0 Å². The average molecular weight is 690 g/mol. The van der Waals surface area contributed by atoms with Crippen LogP contribution in [0.5, 0.6) is 17.6 Å². The smallest absolute Gasteiger partial charge is 0.319 e. The molecule has 0 amide bonds. The summed E-state index contributed by atoms with van der Waals surface area (Å²) in [6, 6.07) is 5.45. The second kappa shape index (κ2) is 14.1. The number of aromatic hydroxyl groups is 1. The highest BCUT2D eigenvalue weighted by atomic mass is 19.1. The van der Waals surface area contributed by atoms with Gasteiger partial charge in [-0.3, -0.25) is 4.90 Å². The number of hydrogen-bond acceptors (Lipinski definition) is 11. The first kappa shape index (κ1) is 34.1. The van der Waals surface area contributed by atoms with Crippen LogP contribution in [0.3, 0.4) is 0 Å². The van der Waals surface area contributed by atoms with E-state index in [-0.39, 0.29) is 82.4 Å². The molecule has 2 aromatic carbocycles. The van der Waals surface area contributed by atoms with Crippen molar-refractivity contribution in [3.8, 4) is 41.2 Å². The number of benzene rings is 2. The van der Waals surface area contributed by atoms with Crippen LogP contribution in [0, 0.1) is 29.9 Å². The van der Waals surface area contributed by atoms with Gasteiger partial charge in [0.1, 0.15) is 46.2 Å². The molecule has 0 radical (unpaired) electrons. The molecule has 3 saturated heterocycles. The van der Waals surface area contributed by atoms with Crippen LogP contribution in [0.15, 0.2) is 24.3 Å². The van der Waals surface area contributed by atoms with E-state index in [0.717, 1.165) is 52.0 Å². The fourth-order valence-electron chi connectivity index (χ4n) is 7.41. The Bertz CT molecular complexity index is 1950. The van der Waals surface area contributed by atoms with E-state index in [4.69, 9.17) is 30.4 Å². The molecule has 2 atom stereocenters. The van der Waals surface area contributed by atoms with Gasteiger partial charge < -0.3 is 34.1 Å². The van der Waals surface area contributed by atoms with Crippen LogP contribution in [0.1, 0.15) is 38.2 Å². The van der Waals surface area contributed by atoms with Crippen LogP contribution in [-0.2, 0) is 9.47 Å². The normalized spacial score (nSPS) is 22.2. The number of β-amino-alcohol motifs (C(OH)–C–C–N with tert-alkyl or cyclic N) is 1. The highest BCUT2D eigenvalue weighted by molar-refractivity contribution is 6.04. The molecule has 4 aromatic rings. The lowest BCUT2D eigenvalue weighted by Crippen LogP contribution is -2.42. The lowest BCUT2D eigenvalue weighted by molar-refractivity contribution is -0.0123. The quantitative estimate of drug-likeness (QED) is 0.251. The Labute approximate surface area is 289 Å². The van der Waals surface area contributed by atoms with Gasteiger partial charge in [-0.05, 0) is 68.7 Å². The Balaban J connectivity index is 1.35. The molecule has 2 N–H and O–H groups in total. The number of rotatable bonds is 8. The molecule has 3 fully saturated rings. The van der Waals surface area contributed by atoms with Crippen molar-refractivity contribution in [1.82, 2.24) is 19.9 Å². The molecular weight excluding hydrogens is 648 g/mol. The van der Waals surface area contributed by atoms with Crippen LogP contribution in [-0.4, -0.2) is 108 Å². The summed E-state index contributed by atoms with van der Waals surface area (Å²) < 4.78 is 55.3. The molecule has 264 valence electrons. The third-order valence-electron chi connectivity index (χ3n) is 9.84. The van der Waals surface area contributed by atoms with Gasteiger partial charge in [-0.15, -0.1) is 6.42 Å². The number of fused-ring (bicyclic) bond motifs is 2. The second-order valence-corrected chi connectivity index (χ2v) is 13.6. The summed E-state index contributed by atoms with van der Waals surface area (Å²) in [4.78, 5) is 18.1. The van der Waals surface area contributed by atoms with Crippen molar-refractivity contribution in [1.29, 1.82) is 0 Å². The van der Waals surface area contributed by atoms with E-state index in [1.54, 1.807) is 11.8 Å². The third kappa shape index (κ3) is 6.73. The molecule has 0 bridgehead atoms. The molecular formula is C37H41F2N5O6. The fraction of sp³-hybridized carbons (Fsp3) is 0.486. The molecule has 2 unspecified atom stereocenters. The number of phenolic OH excluding ortho intramolecular Hbond substituents is 1. The number of nitrogens with zero attached hydrogens (tertiary/aromatic N) is 5. The predicted molar refractivity (Wildman–Crippen MR) is 184 cm³/mol. The number of terminal acetylenes is 1. The largest absolute Gasteiger partial charge is 0.508 e. The number of likely N-dealkylation sites (tertiary alicyclic amines) is 1. The molecule has 13 heteroatoms. The van der Waals surface area contributed by atoms with Crippen molar-refractivity contribution in [3.63, 3.8) is 0 Å². The van der Waals surface area contributed by atoms with E-state index in [0.29, 0.717) is 24.5 Å². The van der Waals surface area contributed by atoms with Gasteiger partial charge in [0, 0.05) is 43.3 Å². The van der Waals surface area contributed by atoms with E-state index in [1.165, 1.54) is 31.4 Å². The summed E-state index contributed by atoms with van der Waals surface area (Å²) in [6.07, 6.45) is 9.78. The van der Waals surface area contributed by atoms with Gasteiger partial charge >= 0.3 is 6.01 Å².